The molecule has 4 aromatic heterocycles. The van der Waals surface area contributed by atoms with Crippen molar-refractivity contribution in [1.29, 1.82) is 0 Å². The van der Waals surface area contributed by atoms with Crippen LogP contribution in [0.4, 0.5) is 0 Å². The van der Waals surface area contributed by atoms with Gasteiger partial charge in [-0.2, -0.15) is 16.3 Å². The summed E-state index contributed by atoms with van der Waals surface area (Å²) in [5, 5.41) is 8.75. The zero-order valence-corrected chi connectivity index (χ0v) is 13.4. The number of aromatic nitrogens is 4. The second-order valence-corrected chi connectivity index (χ2v) is 6.63. The average molecular weight is 336 g/mol. The number of rotatable bonds is 3. The number of pyridine rings is 2. The van der Waals surface area contributed by atoms with Gasteiger partial charge in [-0.1, -0.05) is 5.16 Å². The third kappa shape index (κ3) is 2.09. The Kier molecular flexibility index (Phi) is 2.90. The second-order valence-electron chi connectivity index (χ2n) is 5.85. The Morgan fingerprint density at radius 3 is 3.00 bits per heavy atom. The second kappa shape index (κ2) is 5.10. The van der Waals surface area contributed by atoms with E-state index in [9.17, 15) is 4.79 Å². The van der Waals surface area contributed by atoms with Gasteiger partial charge in [0.2, 0.25) is 0 Å². The molecule has 1 saturated carbocycles. The first-order valence-corrected chi connectivity index (χ1v) is 8.62. The third-order valence-corrected chi connectivity index (χ3v) is 4.85. The van der Waals surface area contributed by atoms with Crippen LogP contribution >= 0.6 is 11.3 Å². The van der Waals surface area contributed by atoms with E-state index in [1.807, 2.05) is 22.9 Å². The summed E-state index contributed by atoms with van der Waals surface area (Å²) in [4.78, 5) is 21.7. The molecule has 0 aromatic carbocycles. The fraction of sp³-hybridized carbons (Fsp3) is 0.176. The summed E-state index contributed by atoms with van der Waals surface area (Å²) in [5.74, 6) is 1.35. The first-order chi connectivity index (χ1) is 11.8. The minimum atomic E-state index is -0.168. The lowest BCUT2D eigenvalue weighted by atomic mass is 10.2. The molecule has 0 atom stereocenters. The standard InChI is InChI=1S/C17H12N4O2S/c22-17-13(16-19-15(20-23-16)10-1-2-10)7-11-8-18-5-3-14(11)21(17)12-4-6-24-9-12/h3-10H,1-2H2. The Morgan fingerprint density at radius 1 is 1.29 bits per heavy atom. The van der Waals surface area contributed by atoms with Gasteiger partial charge in [0, 0.05) is 29.1 Å². The number of hydrogen-bond donors (Lipinski definition) is 0. The Bertz CT molecular complexity index is 1090. The highest BCUT2D eigenvalue weighted by molar-refractivity contribution is 7.08. The van der Waals surface area contributed by atoms with Gasteiger partial charge in [-0.3, -0.25) is 14.3 Å². The minimum absolute atomic E-state index is 0.168. The van der Waals surface area contributed by atoms with E-state index in [4.69, 9.17) is 4.52 Å². The highest BCUT2D eigenvalue weighted by Gasteiger charge is 2.29. The van der Waals surface area contributed by atoms with Gasteiger partial charge in [-0.05, 0) is 36.4 Å². The topological polar surface area (TPSA) is 73.8 Å². The molecule has 0 saturated heterocycles. The summed E-state index contributed by atoms with van der Waals surface area (Å²) in [6, 6.07) is 5.53. The van der Waals surface area contributed by atoms with Crippen LogP contribution in [0.5, 0.6) is 0 Å². The monoisotopic (exact) mass is 336 g/mol. The Hall–Kier alpha value is -2.80. The fourth-order valence-corrected chi connectivity index (χ4v) is 3.43. The van der Waals surface area contributed by atoms with Crippen molar-refractivity contribution >= 4 is 22.2 Å². The SMILES string of the molecule is O=c1c(-c2nc(C3CC3)no2)cc2cnccc2n1-c1ccsc1. The van der Waals surface area contributed by atoms with Gasteiger partial charge in [-0.25, -0.2) is 0 Å². The highest BCUT2D eigenvalue weighted by atomic mass is 32.1. The van der Waals surface area contributed by atoms with Gasteiger partial charge in [-0.15, -0.1) is 0 Å². The number of hydrogen-bond acceptors (Lipinski definition) is 6. The van der Waals surface area contributed by atoms with Crippen molar-refractivity contribution in [3.63, 3.8) is 0 Å². The van der Waals surface area contributed by atoms with Crippen molar-refractivity contribution in [3.8, 4) is 17.1 Å². The molecule has 24 heavy (non-hydrogen) atoms. The fourth-order valence-electron chi connectivity index (χ4n) is 2.81. The number of thiophene rings is 1. The third-order valence-electron chi connectivity index (χ3n) is 4.18. The molecule has 0 radical (unpaired) electrons. The summed E-state index contributed by atoms with van der Waals surface area (Å²) in [6.07, 6.45) is 5.58. The maximum Gasteiger partial charge on any atom is 0.268 e. The molecule has 0 N–H and O–H groups in total. The molecule has 0 spiro atoms. The minimum Gasteiger partial charge on any atom is -0.334 e. The van der Waals surface area contributed by atoms with Gasteiger partial charge in [0.05, 0.1) is 11.2 Å². The van der Waals surface area contributed by atoms with Crippen molar-refractivity contribution < 1.29 is 4.52 Å². The van der Waals surface area contributed by atoms with E-state index in [1.54, 1.807) is 34.4 Å². The summed E-state index contributed by atoms with van der Waals surface area (Å²) in [6.45, 7) is 0. The Morgan fingerprint density at radius 2 is 2.21 bits per heavy atom. The zero-order valence-electron chi connectivity index (χ0n) is 12.5. The van der Waals surface area contributed by atoms with Crippen LogP contribution in [0.25, 0.3) is 28.0 Å². The van der Waals surface area contributed by atoms with E-state index in [2.05, 4.69) is 15.1 Å². The average Bonchev–Trinajstić information content (AvgIpc) is 3.11. The molecule has 0 unspecified atom stereocenters. The molecule has 4 aromatic rings. The van der Waals surface area contributed by atoms with Crippen LogP contribution in [0.2, 0.25) is 0 Å². The molecule has 0 aliphatic heterocycles. The van der Waals surface area contributed by atoms with E-state index in [-0.39, 0.29) is 11.4 Å². The highest BCUT2D eigenvalue weighted by Crippen LogP contribution is 2.38. The van der Waals surface area contributed by atoms with Crippen molar-refractivity contribution in [1.82, 2.24) is 19.7 Å². The van der Waals surface area contributed by atoms with E-state index < -0.39 is 0 Å². The molecule has 1 aliphatic carbocycles. The molecular weight excluding hydrogens is 324 g/mol. The normalized spacial score (nSPS) is 14.3. The number of fused-ring (bicyclic) bond motifs is 1. The van der Waals surface area contributed by atoms with Gasteiger partial charge in [0.15, 0.2) is 5.82 Å². The van der Waals surface area contributed by atoms with E-state index in [1.165, 1.54) is 0 Å². The summed E-state index contributed by atoms with van der Waals surface area (Å²) in [5.41, 5.74) is 1.86. The largest absolute Gasteiger partial charge is 0.334 e. The molecule has 1 fully saturated rings. The first-order valence-electron chi connectivity index (χ1n) is 7.67. The lowest BCUT2D eigenvalue weighted by molar-refractivity contribution is 0.422. The predicted molar refractivity (Wildman–Crippen MR) is 90.5 cm³/mol. The van der Waals surface area contributed by atoms with Crippen molar-refractivity contribution in [2.75, 3.05) is 0 Å². The molecule has 118 valence electrons. The first kappa shape index (κ1) is 13.6. The quantitative estimate of drug-likeness (QED) is 0.573. The van der Waals surface area contributed by atoms with Gasteiger partial charge < -0.3 is 4.52 Å². The van der Waals surface area contributed by atoms with Crippen molar-refractivity contribution in [2.24, 2.45) is 0 Å². The summed E-state index contributed by atoms with van der Waals surface area (Å²) < 4.78 is 7.03. The van der Waals surface area contributed by atoms with Crippen LogP contribution in [0.3, 0.4) is 0 Å². The molecule has 5 rings (SSSR count). The summed E-state index contributed by atoms with van der Waals surface area (Å²) in [7, 11) is 0. The lowest BCUT2D eigenvalue weighted by Gasteiger charge is -2.09. The van der Waals surface area contributed by atoms with Crippen LogP contribution in [-0.2, 0) is 0 Å². The molecular formula is C17H12N4O2S. The molecule has 6 nitrogen and oxygen atoms in total. The van der Waals surface area contributed by atoms with Crippen molar-refractivity contribution in [3.05, 3.63) is 57.5 Å². The molecule has 1 aliphatic rings. The zero-order chi connectivity index (χ0) is 16.1. The van der Waals surface area contributed by atoms with Crippen molar-refractivity contribution in [2.45, 2.75) is 18.8 Å². The van der Waals surface area contributed by atoms with Crippen LogP contribution in [0.15, 0.2) is 50.7 Å². The van der Waals surface area contributed by atoms with Crippen LogP contribution in [0.1, 0.15) is 24.6 Å². The van der Waals surface area contributed by atoms with E-state index >= 15 is 0 Å². The van der Waals surface area contributed by atoms with Gasteiger partial charge in [0.25, 0.3) is 11.4 Å². The van der Waals surface area contributed by atoms with E-state index in [0.29, 0.717) is 17.3 Å². The maximum absolute atomic E-state index is 13.1. The molecule has 4 heterocycles. The summed E-state index contributed by atoms with van der Waals surface area (Å²) >= 11 is 1.54. The molecule has 0 bridgehead atoms. The smallest absolute Gasteiger partial charge is 0.268 e. The van der Waals surface area contributed by atoms with Crippen LogP contribution in [-0.4, -0.2) is 19.7 Å². The van der Waals surface area contributed by atoms with Gasteiger partial charge in [0.1, 0.15) is 5.56 Å². The Balaban J connectivity index is 1.80. The number of nitrogens with zero attached hydrogens (tertiary/aromatic N) is 4. The Labute approximate surface area is 140 Å². The molecule has 0 amide bonds. The van der Waals surface area contributed by atoms with Crippen LogP contribution < -0.4 is 5.56 Å². The van der Waals surface area contributed by atoms with Crippen LogP contribution in [0, 0.1) is 0 Å². The lowest BCUT2D eigenvalue weighted by Crippen LogP contribution is -2.20. The van der Waals surface area contributed by atoms with Gasteiger partial charge >= 0.3 is 0 Å². The molecule has 7 heteroatoms. The van der Waals surface area contributed by atoms with E-state index in [0.717, 1.165) is 29.4 Å². The maximum atomic E-state index is 13.1. The predicted octanol–water partition coefficient (Wildman–Crippen LogP) is 3.37.